The summed E-state index contributed by atoms with van der Waals surface area (Å²) in [5, 5.41) is 4.16. The van der Waals surface area contributed by atoms with Crippen molar-refractivity contribution in [2.24, 2.45) is 5.73 Å². The molecule has 1 aromatic carbocycles. The number of rotatable bonds is 2. The van der Waals surface area contributed by atoms with Gasteiger partial charge in [-0.3, -0.25) is 0 Å². The zero-order valence-corrected chi connectivity index (χ0v) is 10.7. The van der Waals surface area contributed by atoms with E-state index in [9.17, 15) is 0 Å². The summed E-state index contributed by atoms with van der Waals surface area (Å²) in [5.74, 6) is 0.288. The van der Waals surface area contributed by atoms with Crippen LogP contribution in [0.5, 0.6) is 0 Å². The second kappa shape index (κ2) is 4.37. The molecule has 2 heterocycles. The summed E-state index contributed by atoms with van der Waals surface area (Å²) in [6.45, 7) is 2.53. The predicted molar refractivity (Wildman–Crippen MR) is 75.5 cm³/mol. The molecule has 0 saturated carbocycles. The van der Waals surface area contributed by atoms with Gasteiger partial charge in [0, 0.05) is 18.3 Å². The van der Waals surface area contributed by atoms with Crippen LogP contribution in [0.2, 0.25) is 0 Å². The molecule has 0 aliphatic rings. The fourth-order valence-electron chi connectivity index (χ4n) is 2.20. The van der Waals surface area contributed by atoms with Crippen LogP contribution in [0.15, 0.2) is 36.5 Å². The lowest BCUT2D eigenvalue weighted by Gasteiger charge is -2.06. The number of pyridine rings is 1. The Morgan fingerprint density at radius 1 is 1.21 bits per heavy atom. The van der Waals surface area contributed by atoms with E-state index in [4.69, 9.17) is 11.5 Å². The Labute approximate surface area is 110 Å². The summed E-state index contributed by atoms with van der Waals surface area (Å²) in [5.41, 5.74) is 16.4. The number of nitrogens with two attached hydrogens (primary N) is 2. The van der Waals surface area contributed by atoms with Gasteiger partial charge in [0.25, 0.3) is 0 Å². The van der Waals surface area contributed by atoms with Gasteiger partial charge in [0.2, 0.25) is 5.95 Å². The minimum absolute atomic E-state index is 0.288. The number of hydrogen-bond donors (Lipinski definition) is 2. The first kappa shape index (κ1) is 11.7. The summed E-state index contributed by atoms with van der Waals surface area (Å²) < 4.78 is 1.72. The molecule has 0 saturated heterocycles. The van der Waals surface area contributed by atoms with Crippen LogP contribution in [0.4, 0.5) is 5.95 Å². The molecular weight excluding hydrogens is 238 g/mol. The Hall–Kier alpha value is -2.40. The highest BCUT2D eigenvalue weighted by molar-refractivity contribution is 5.67. The Bertz CT molecular complexity index is 745. The number of nitrogens with zero attached hydrogens (tertiary/aromatic N) is 3. The van der Waals surface area contributed by atoms with E-state index in [-0.39, 0.29) is 5.95 Å². The average Bonchev–Trinajstić information content (AvgIpc) is 2.80. The van der Waals surface area contributed by atoms with Crippen molar-refractivity contribution in [1.82, 2.24) is 14.6 Å². The number of anilines is 1. The molecule has 0 fully saturated rings. The van der Waals surface area contributed by atoms with Gasteiger partial charge in [-0.1, -0.05) is 18.2 Å². The first-order valence-electron chi connectivity index (χ1n) is 6.09. The van der Waals surface area contributed by atoms with Crippen LogP contribution in [-0.2, 0) is 6.54 Å². The molecule has 0 amide bonds. The smallest absolute Gasteiger partial charge is 0.240 e. The van der Waals surface area contributed by atoms with Gasteiger partial charge in [-0.05, 0) is 35.7 Å². The van der Waals surface area contributed by atoms with E-state index in [1.165, 1.54) is 0 Å². The minimum atomic E-state index is 0.288. The highest BCUT2D eigenvalue weighted by Gasteiger charge is 2.07. The highest BCUT2D eigenvalue weighted by atomic mass is 15.3. The van der Waals surface area contributed by atoms with Gasteiger partial charge in [-0.25, -0.2) is 4.52 Å². The van der Waals surface area contributed by atoms with Crippen LogP contribution in [-0.4, -0.2) is 14.6 Å². The van der Waals surface area contributed by atoms with Crippen molar-refractivity contribution in [1.29, 1.82) is 0 Å². The number of nitrogen functional groups attached to an aromatic ring is 1. The van der Waals surface area contributed by atoms with E-state index in [1.54, 1.807) is 4.52 Å². The normalized spacial score (nSPS) is 11.1. The van der Waals surface area contributed by atoms with Crippen molar-refractivity contribution in [2.45, 2.75) is 13.5 Å². The van der Waals surface area contributed by atoms with E-state index < -0.39 is 0 Å². The average molecular weight is 253 g/mol. The van der Waals surface area contributed by atoms with E-state index in [2.05, 4.69) is 28.3 Å². The second-order valence-electron chi connectivity index (χ2n) is 4.55. The summed E-state index contributed by atoms with van der Waals surface area (Å²) >= 11 is 0. The van der Waals surface area contributed by atoms with E-state index in [0.717, 1.165) is 27.9 Å². The molecule has 19 heavy (non-hydrogen) atoms. The van der Waals surface area contributed by atoms with Gasteiger partial charge in [0.05, 0.1) is 0 Å². The zero-order valence-electron chi connectivity index (χ0n) is 10.7. The molecule has 2 aromatic heterocycles. The molecule has 5 nitrogen and oxygen atoms in total. The number of hydrogen-bond acceptors (Lipinski definition) is 4. The van der Waals surface area contributed by atoms with E-state index in [0.29, 0.717) is 6.54 Å². The lowest BCUT2D eigenvalue weighted by molar-refractivity contribution is 0.964. The largest absolute Gasteiger partial charge is 0.366 e. The molecule has 5 heteroatoms. The van der Waals surface area contributed by atoms with Crippen LogP contribution in [0.25, 0.3) is 16.8 Å². The maximum Gasteiger partial charge on any atom is 0.240 e. The van der Waals surface area contributed by atoms with Crippen molar-refractivity contribution < 1.29 is 0 Å². The zero-order chi connectivity index (χ0) is 13.4. The van der Waals surface area contributed by atoms with Crippen LogP contribution in [0.1, 0.15) is 11.1 Å². The van der Waals surface area contributed by atoms with Gasteiger partial charge in [-0.15, -0.1) is 5.10 Å². The number of aromatic nitrogens is 3. The molecule has 0 aliphatic carbocycles. The molecule has 0 aliphatic heterocycles. The molecule has 0 bridgehead atoms. The second-order valence-corrected chi connectivity index (χ2v) is 4.55. The van der Waals surface area contributed by atoms with Crippen LogP contribution < -0.4 is 11.5 Å². The first-order chi connectivity index (χ1) is 9.17. The molecule has 0 radical (unpaired) electrons. The maximum absolute atomic E-state index is 5.68. The summed E-state index contributed by atoms with van der Waals surface area (Å²) in [7, 11) is 0. The van der Waals surface area contributed by atoms with Crippen molar-refractivity contribution in [3.63, 3.8) is 0 Å². The van der Waals surface area contributed by atoms with E-state index in [1.807, 2.05) is 25.3 Å². The van der Waals surface area contributed by atoms with Crippen LogP contribution in [0, 0.1) is 6.92 Å². The molecule has 0 spiro atoms. The van der Waals surface area contributed by atoms with Crippen LogP contribution in [0.3, 0.4) is 0 Å². The Balaban J connectivity index is 2.18. The lowest BCUT2D eigenvalue weighted by atomic mass is 10.0. The molecule has 0 unspecified atom stereocenters. The molecule has 0 atom stereocenters. The number of benzene rings is 1. The predicted octanol–water partition coefficient (Wildman–Crippen LogP) is 1.75. The Morgan fingerprint density at radius 3 is 2.84 bits per heavy atom. The Kier molecular flexibility index (Phi) is 2.68. The number of fused-ring (bicyclic) bond motifs is 1. The highest BCUT2D eigenvalue weighted by Crippen LogP contribution is 2.23. The van der Waals surface area contributed by atoms with Gasteiger partial charge in [-0.2, -0.15) is 4.98 Å². The standard InChI is InChI=1S/C14H15N5/c1-9-5-12(8-19-13(9)17-14(16)18-19)11-4-2-3-10(6-11)7-15/h2-6,8H,7,15H2,1H3,(H2,16,18). The van der Waals surface area contributed by atoms with Gasteiger partial charge in [0.15, 0.2) is 5.65 Å². The fourth-order valence-corrected chi connectivity index (χ4v) is 2.20. The third kappa shape index (κ3) is 2.04. The van der Waals surface area contributed by atoms with Crippen molar-refractivity contribution in [3.8, 4) is 11.1 Å². The lowest BCUT2D eigenvalue weighted by Crippen LogP contribution is -1.97. The monoisotopic (exact) mass is 253 g/mol. The fraction of sp³-hybridized carbons (Fsp3) is 0.143. The van der Waals surface area contributed by atoms with E-state index >= 15 is 0 Å². The molecule has 3 rings (SSSR count). The quantitative estimate of drug-likeness (QED) is 0.729. The van der Waals surface area contributed by atoms with Crippen molar-refractivity contribution >= 4 is 11.6 Å². The Morgan fingerprint density at radius 2 is 2.05 bits per heavy atom. The summed E-state index contributed by atoms with van der Waals surface area (Å²) in [6.07, 6.45) is 1.93. The van der Waals surface area contributed by atoms with Crippen molar-refractivity contribution in [2.75, 3.05) is 5.73 Å². The van der Waals surface area contributed by atoms with Crippen molar-refractivity contribution in [3.05, 3.63) is 47.7 Å². The first-order valence-corrected chi connectivity index (χ1v) is 6.09. The summed E-state index contributed by atoms with van der Waals surface area (Å²) in [6, 6.07) is 10.2. The van der Waals surface area contributed by atoms with Gasteiger partial charge in [0.1, 0.15) is 0 Å². The minimum Gasteiger partial charge on any atom is -0.366 e. The molecule has 4 N–H and O–H groups in total. The topological polar surface area (TPSA) is 82.2 Å². The third-order valence-corrected chi connectivity index (χ3v) is 3.13. The molecule has 96 valence electrons. The SMILES string of the molecule is Cc1cc(-c2cccc(CN)c2)cn2nc(N)nc12. The molecule has 3 aromatic rings. The third-order valence-electron chi connectivity index (χ3n) is 3.13. The van der Waals surface area contributed by atoms with Gasteiger partial charge < -0.3 is 11.5 Å². The van der Waals surface area contributed by atoms with Gasteiger partial charge >= 0.3 is 0 Å². The maximum atomic E-state index is 5.68. The number of aryl methyl sites for hydroxylation is 1. The summed E-state index contributed by atoms with van der Waals surface area (Å²) in [4.78, 5) is 4.19. The van der Waals surface area contributed by atoms with Crippen LogP contribution >= 0.6 is 0 Å². The molecular formula is C14H15N5.